The molecular weight excluding hydrogens is 269 g/mol. The summed E-state index contributed by atoms with van der Waals surface area (Å²) < 4.78 is 24.9. The van der Waals surface area contributed by atoms with Crippen LogP contribution in [0.3, 0.4) is 0 Å². The van der Waals surface area contributed by atoms with Gasteiger partial charge in [-0.05, 0) is 36.5 Å². The first-order chi connectivity index (χ1) is 10.1. The molecule has 118 valence electrons. The van der Waals surface area contributed by atoms with E-state index in [4.69, 9.17) is 9.47 Å². The molecule has 2 rings (SSSR count). The average molecular weight is 295 g/mol. The summed E-state index contributed by atoms with van der Waals surface area (Å²) in [6, 6.07) is 7.09. The minimum Gasteiger partial charge on any atom is -0.381 e. The topological polar surface area (TPSA) is 30.5 Å². The normalized spacial score (nSPS) is 18.1. The molecule has 0 radical (unpaired) electrons. The third kappa shape index (κ3) is 5.73. The van der Waals surface area contributed by atoms with Crippen molar-refractivity contribution in [3.8, 4) is 0 Å². The predicted octanol–water partition coefficient (Wildman–Crippen LogP) is 3.31. The van der Waals surface area contributed by atoms with Gasteiger partial charge in [-0.25, -0.2) is 4.39 Å². The molecule has 0 aliphatic carbocycles. The Hall–Kier alpha value is -0.970. The lowest BCUT2D eigenvalue weighted by Gasteiger charge is -2.26. The molecule has 0 bridgehead atoms. The fourth-order valence-electron chi connectivity index (χ4n) is 2.49. The van der Waals surface area contributed by atoms with Crippen LogP contribution >= 0.6 is 0 Å². The van der Waals surface area contributed by atoms with Gasteiger partial charge in [-0.2, -0.15) is 0 Å². The molecule has 0 spiro atoms. The number of nitrogens with one attached hydrogen (secondary N) is 1. The molecule has 1 heterocycles. The van der Waals surface area contributed by atoms with Crippen LogP contribution in [-0.4, -0.2) is 32.4 Å². The molecule has 1 unspecified atom stereocenters. The minimum atomic E-state index is -0.211. The maximum absolute atomic E-state index is 13.4. The first kappa shape index (κ1) is 16.4. The first-order valence-electron chi connectivity index (χ1n) is 7.83. The summed E-state index contributed by atoms with van der Waals surface area (Å²) in [6.07, 6.45) is 1.99. The van der Waals surface area contributed by atoms with Gasteiger partial charge in [-0.1, -0.05) is 26.0 Å². The number of hydrogen-bond donors (Lipinski definition) is 1. The smallest absolute Gasteiger partial charge is 0.123 e. The van der Waals surface area contributed by atoms with Crippen molar-refractivity contribution in [1.29, 1.82) is 0 Å². The van der Waals surface area contributed by atoms with Crippen LogP contribution < -0.4 is 5.32 Å². The Labute approximate surface area is 126 Å². The fourth-order valence-corrected chi connectivity index (χ4v) is 2.49. The standard InChI is InChI=1S/C17H26FNO2/c1-13(2)19-11-17(15-4-3-5-16(18)10-15)21-12-14-6-8-20-9-7-14/h3-5,10,13-14,17,19H,6-9,11-12H2,1-2H3. The zero-order valence-corrected chi connectivity index (χ0v) is 13.0. The molecule has 0 aromatic heterocycles. The van der Waals surface area contributed by atoms with E-state index in [2.05, 4.69) is 19.2 Å². The maximum atomic E-state index is 13.4. The van der Waals surface area contributed by atoms with E-state index in [1.165, 1.54) is 6.07 Å². The summed E-state index contributed by atoms with van der Waals surface area (Å²) >= 11 is 0. The van der Waals surface area contributed by atoms with Crippen LogP contribution in [0.15, 0.2) is 24.3 Å². The SMILES string of the molecule is CC(C)NCC(OCC1CCOCC1)c1cccc(F)c1. The molecule has 1 aliphatic rings. The lowest BCUT2D eigenvalue weighted by atomic mass is 10.0. The largest absolute Gasteiger partial charge is 0.381 e. The summed E-state index contributed by atoms with van der Waals surface area (Å²) in [6.45, 7) is 7.25. The van der Waals surface area contributed by atoms with Crippen LogP contribution in [0.1, 0.15) is 38.4 Å². The third-order valence-electron chi connectivity index (χ3n) is 3.81. The number of hydrogen-bond acceptors (Lipinski definition) is 3. The minimum absolute atomic E-state index is 0.106. The predicted molar refractivity (Wildman–Crippen MR) is 81.8 cm³/mol. The molecule has 1 aliphatic heterocycles. The second-order valence-corrected chi connectivity index (χ2v) is 6.00. The van der Waals surface area contributed by atoms with Gasteiger partial charge in [0.15, 0.2) is 0 Å². The Bertz CT molecular complexity index is 419. The lowest BCUT2D eigenvalue weighted by Crippen LogP contribution is -2.30. The van der Waals surface area contributed by atoms with Crippen molar-refractivity contribution in [3.05, 3.63) is 35.6 Å². The summed E-state index contributed by atoms with van der Waals surface area (Å²) in [4.78, 5) is 0. The molecule has 1 saturated heterocycles. The Morgan fingerprint density at radius 1 is 1.33 bits per heavy atom. The van der Waals surface area contributed by atoms with E-state index in [1.54, 1.807) is 12.1 Å². The molecule has 1 aromatic rings. The molecule has 0 saturated carbocycles. The molecular formula is C17H26FNO2. The van der Waals surface area contributed by atoms with Crippen molar-refractivity contribution >= 4 is 0 Å². The van der Waals surface area contributed by atoms with Crippen LogP contribution in [0.2, 0.25) is 0 Å². The molecule has 1 aromatic carbocycles. The highest BCUT2D eigenvalue weighted by molar-refractivity contribution is 5.19. The number of ether oxygens (including phenoxy) is 2. The molecule has 1 atom stereocenters. The van der Waals surface area contributed by atoms with Crippen LogP contribution in [0.25, 0.3) is 0 Å². The van der Waals surface area contributed by atoms with E-state index in [0.717, 1.165) is 31.6 Å². The third-order valence-corrected chi connectivity index (χ3v) is 3.81. The van der Waals surface area contributed by atoms with E-state index >= 15 is 0 Å². The maximum Gasteiger partial charge on any atom is 0.123 e. The summed E-state index contributed by atoms with van der Waals surface area (Å²) in [7, 11) is 0. The van der Waals surface area contributed by atoms with Gasteiger partial charge in [-0.15, -0.1) is 0 Å². The fraction of sp³-hybridized carbons (Fsp3) is 0.647. The van der Waals surface area contributed by atoms with Crippen molar-refractivity contribution in [3.63, 3.8) is 0 Å². The van der Waals surface area contributed by atoms with Crippen LogP contribution in [0.5, 0.6) is 0 Å². The Morgan fingerprint density at radius 3 is 2.76 bits per heavy atom. The van der Waals surface area contributed by atoms with Crippen LogP contribution in [0.4, 0.5) is 4.39 Å². The van der Waals surface area contributed by atoms with Crippen molar-refractivity contribution in [2.75, 3.05) is 26.4 Å². The highest BCUT2D eigenvalue weighted by Gasteiger charge is 2.18. The number of rotatable bonds is 7. The van der Waals surface area contributed by atoms with Gasteiger partial charge >= 0.3 is 0 Å². The Kier molecular flexibility index (Phi) is 6.61. The number of benzene rings is 1. The quantitative estimate of drug-likeness (QED) is 0.837. The van der Waals surface area contributed by atoms with E-state index in [-0.39, 0.29) is 11.9 Å². The highest BCUT2D eigenvalue weighted by Crippen LogP contribution is 2.22. The molecule has 4 heteroatoms. The van der Waals surface area contributed by atoms with Crippen LogP contribution in [-0.2, 0) is 9.47 Å². The van der Waals surface area contributed by atoms with Gasteiger partial charge in [-0.3, -0.25) is 0 Å². The van der Waals surface area contributed by atoms with Crippen molar-refractivity contribution < 1.29 is 13.9 Å². The van der Waals surface area contributed by atoms with E-state index in [9.17, 15) is 4.39 Å². The second kappa shape index (κ2) is 8.47. The van der Waals surface area contributed by atoms with E-state index in [1.807, 2.05) is 6.07 Å². The zero-order valence-electron chi connectivity index (χ0n) is 13.0. The van der Waals surface area contributed by atoms with Gasteiger partial charge in [0.25, 0.3) is 0 Å². The van der Waals surface area contributed by atoms with E-state index in [0.29, 0.717) is 25.1 Å². The Balaban J connectivity index is 1.94. The van der Waals surface area contributed by atoms with Gasteiger partial charge in [0.2, 0.25) is 0 Å². The van der Waals surface area contributed by atoms with Gasteiger partial charge in [0, 0.05) is 25.8 Å². The zero-order chi connectivity index (χ0) is 15.1. The summed E-state index contributed by atoms with van der Waals surface area (Å²) in [5.41, 5.74) is 0.898. The summed E-state index contributed by atoms with van der Waals surface area (Å²) in [5, 5.41) is 3.38. The molecule has 0 amide bonds. The monoisotopic (exact) mass is 295 g/mol. The van der Waals surface area contributed by atoms with Crippen molar-refractivity contribution in [2.24, 2.45) is 5.92 Å². The number of halogens is 1. The molecule has 21 heavy (non-hydrogen) atoms. The molecule has 1 fully saturated rings. The van der Waals surface area contributed by atoms with Crippen molar-refractivity contribution in [2.45, 2.75) is 38.8 Å². The highest BCUT2D eigenvalue weighted by atomic mass is 19.1. The van der Waals surface area contributed by atoms with Gasteiger partial charge in [0.05, 0.1) is 12.7 Å². The summed E-state index contributed by atoms with van der Waals surface area (Å²) in [5.74, 6) is 0.338. The second-order valence-electron chi connectivity index (χ2n) is 6.00. The van der Waals surface area contributed by atoms with Gasteiger partial charge < -0.3 is 14.8 Å². The molecule has 1 N–H and O–H groups in total. The first-order valence-corrected chi connectivity index (χ1v) is 7.83. The van der Waals surface area contributed by atoms with E-state index < -0.39 is 0 Å². The van der Waals surface area contributed by atoms with Crippen molar-refractivity contribution in [1.82, 2.24) is 5.32 Å². The molecule has 3 nitrogen and oxygen atoms in total. The van der Waals surface area contributed by atoms with Gasteiger partial charge in [0.1, 0.15) is 5.82 Å². The van der Waals surface area contributed by atoms with Crippen LogP contribution in [0, 0.1) is 11.7 Å². The average Bonchev–Trinajstić information content (AvgIpc) is 2.48. The lowest BCUT2D eigenvalue weighted by molar-refractivity contribution is -0.0120. The Morgan fingerprint density at radius 2 is 2.10 bits per heavy atom.